The predicted octanol–water partition coefficient (Wildman–Crippen LogP) is 3.94. The molecule has 19 heavy (non-hydrogen) atoms. The van der Waals surface area contributed by atoms with E-state index in [1.165, 1.54) is 0 Å². The minimum absolute atomic E-state index is 0.597. The third-order valence-corrected chi connectivity index (χ3v) is 2.72. The first-order valence-corrected chi connectivity index (χ1v) is 6.02. The highest BCUT2D eigenvalue weighted by Crippen LogP contribution is 2.30. The lowest BCUT2D eigenvalue weighted by Gasteiger charge is -2.09. The molecule has 0 amide bonds. The first-order valence-electron chi connectivity index (χ1n) is 6.02. The molecule has 0 aliphatic rings. The highest BCUT2D eigenvalue weighted by Gasteiger charge is 2.07. The van der Waals surface area contributed by atoms with Gasteiger partial charge in [-0.1, -0.05) is 18.2 Å². The van der Waals surface area contributed by atoms with E-state index in [4.69, 9.17) is 4.74 Å². The largest absolute Gasteiger partial charge is 0.438 e. The molecule has 3 nitrogen and oxygen atoms in total. The Bertz CT molecular complexity index is 654. The highest BCUT2D eigenvalue weighted by molar-refractivity contribution is 5.68. The van der Waals surface area contributed by atoms with E-state index in [1.54, 1.807) is 18.6 Å². The maximum atomic E-state index is 5.83. The van der Waals surface area contributed by atoms with E-state index in [9.17, 15) is 0 Å². The summed E-state index contributed by atoms with van der Waals surface area (Å²) in [6.45, 7) is 0. The second kappa shape index (κ2) is 5.31. The van der Waals surface area contributed by atoms with Gasteiger partial charge in [-0.3, -0.25) is 4.98 Å². The Kier molecular flexibility index (Phi) is 3.19. The zero-order chi connectivity index (χ0) is 12.9. The van der Waals surface area contributed by atoms with Crippen LogP contribution in [0.5, 0.6) is 11.6 Å². The van der Waals surface area contributed by atoms with Gasteiger partial charge in [-0.15, -0.1) is 0 Å². The third-order valence-electron chi connectivity index (χ3n) is 2.72. The summed E-state index contributed by atoms with van der Waals surface area (Å²) in [5, 5.41) is 0. The van der Waals surface area contributed by atoms with E-state index in [0.29, 0.717) is 5.88 Å². The average molecular weight is 248 g/mol. The lowest BCUT2D eigenvalue weighted by Crippen LogP contribution is -1.91. The van der Waals surface area contributed by atoms with Gasteiger partial charge in [-0.05, 0) is 42.0 Å². The molecular weight excluding hydrogens is 236 g/mol. The van der Waals surface area contributed by atoms with Crippen molar-refractivity contribution in [3.63, 3.8) is 0 Å². The van der Waals surface area contributed by atoms with E-state index in [1.807, 2.05) is 54.6 Å². The number of ether oxygens (including phenoxy) is 1. The number of hydrogen-bond donors (Lipinski definition) is 0. The Morgan fingerprint density at radius 2 is 1.53 bits per heavy atom. The fraction of sp³-hybridized carbons (Fsp3) is 0. The Morgan fingerprint density at radius 3 is 2.32 bits per heavy atom. The van der Waals surface area contributed by atoms with Gasteiger partial charge in [0, 0.05) is 24.2 Å². The molecule has 0 unspecified atom stereocenters. The Labute approximate surface area is 111 Å². The molecule has 0 spiro atoms. The molecule has 0 atom stereocenters. The van der Waals surface area contributed by atoms with Crippen LogP contribution in [0.2, 0.25) is 0 Å². The van der Waals surface area contributed by atoms with Gasteiger partial charge in [-0.2, -0.15) is 0 Å². The van der Waals surface area contributed by atoms with Crippen molar-refractivity contribution in [1.82, 2.24) is 9.97 Å². The SMILES string of the molecule is c1ccc(Oc2ncccc2-c2ccncc2)cc1. The van der Waals surface area contributed by atoms with Crippen LogP contribution in [0.15, 0.2) is 73.2 Å². The van der Waals surface area contributed by atoms with E-state index in [-0.39, 0.29) is 0 Å². The van der Waals surface area contributed by atoms with E-state index >= 15 is 0 Å². The van der Waals surface area contributed by atoms with Gasteiger partial charge in [0.1, 0.15) is 5.75 Å². The van der Waals surface area contributed by atoms with Crippen molar-refractivity contribution in [2.75, 3.05) is 0 Å². The molecule has 3 aromatic rings. The Balaban J connectivity index is 1.99. The van der Waals surface area contributed by atoms with Gasteiger partial charge >= 0.3 is 0 Å². The summed E-state index contributed by atoms with van der Waals surface area (Å²) < 4.78 is 5.83. The molecule has 0 bridgehead atoms. The van der Waals surface area contributed by atoms with Crippen molar-refractivity contribution in [3.05, 3.63) is 73.2 Å². The number of hydrogen-bond acceptors (Lipinski definition) is 3. The Morgan fingerprint density at radius 1 is 0.737 bits per heavy atom. The van der Waals surface area contributed by atoms with Crippen LogP contribution in [0.25, 0.3) is 11.1 Å². The van der Waals surface area contributed by atoms with Gasteiger partial charge in [-0.25, -0.2) is 4.98 Å². The molecule has 0 radical (unpaired) electrons. The van der Waals surface area contributed by atoms with Gasteiger partial charge in [0.25, 0.3) is 0 Å². The van der Waals surface area contributed by atoms with Crippen molar-refractivity contribution in [1.29, 1.82) is 0 Å². The first kappa shape index (κ1) is 11.4. The number of pyridine rings is 2. The zero-order valence-electron chi connectivity index (χ0n) is 10.2. The molecule has 0 saturated heterocycles. The maximum absolute atomic E-state index is 5.83. The van der Waals surface area contributed by atoms with Crippen LogP contribution in [0.4, 0.5) is 0 Å². The number of rotatable bonds is 3. The van der Waals surface area contributed by atoms with Crippen molar-refractivity contribution in [3.8, 4) is 22.8 Å². The number of benzene rings is 1. The van der Waals surface area contributed by atoms with E-state index in [2.05, 4.69) is 9.97 Å². The summed E-state index contributed by atoms with van der Waals surface area (Å²) in [6.07, 6.45) is 5.24. The van der Waals surface area contributed by atoms with Crippen molar-refractivity contribution < 1.29 is 4.74 Å². The molecule has 2 heterocycles. The monoisotopic (exact) mass is 248 g/mol. The number of aromatic nitrogens is 2. The van der Waals surface area contributed by atoms with Gasteiger partial charge in [0.05, 0.1) is 0 Å². The van der Waals surface area contributed by atoms with E-state index in [0.717, 1.165) is 16.9 Å². The minimum Gasteiger partial charge on any atom is -0.438 e. The summed E-state index contributed by atoms with van der Waals surface area (Å²) in [5.74, 6) is 1.37. The molecule has 0 saturated carbocycles. The van der Waals surface area contributed by atoms with Gasteiger partial charge in [0.15, 0.2) is 0 Å². The standard InChI is InChI=1S/C16H12N2O/c1-2-5-14(6-3-1)19-16-15(7-4-10-18-16)13-8-11-17-12-9-13/h1-12H. The van der Waals surface area contributed by atoms with Crippen molar-refractivity contribution in [2.24, 2.45) is 0 Å². The molecule has 2 aromatic heterocycles. The molecule has 0 aliphatic carbocycles. The lowest BCUT2D eigenvalue weighted by atomic mass is 10.1. The van der Waals surface area contributed by atoms with Crippen LogP contribution in [0.3, 0.4) is 0 Å². The summed E-state index contributed by atoms with van der Waals surface area (Å²) in [5.41, 5.74) is 1.99. The average Bonchev–Trinajstić information content (AvgIpc) is 2.50. The Hall–Kier alpha value is -2.68. The smallest absolute Gasteiger partial charge is 0.227 e. The number of para-hydroxylation sites is 1. The predicted molar refractivity (Wildman–Crippen MR) is 74.0 cm³/mol. The summed E-state index contributed by atoms with van der Waals surface area (Å²) in [6, 6.07) is 17.4. The van der Waals surface area contributed by atoms with Crippen molar-refractivity contribution >= 4 is 0 Å². The maximum Gasteiger partial charge on any atom is 0.227 e. The zero-order valence-corrected chi connectivity index (χ0v) is 10.2. The molecule has 0 aliphatic heterocycles. The van der Waals surface area contributed by atoms with Gasteiger partial charge in [0.2, 0.25) is 5.88 Å². The summed E-state index contributed by atoms with van der Waals surface area (Å²) >= 11 is 0. The first-order chi connectivity index (χ1) is 9.43. The third kappa shape index (κ3) is 2.60. The van der Waals surface area contributed by atoms with Crippen LogP contribution in [-0.4, -0.2) is 9.97 Å². The van der Waals surface area contributed by atoms with E-state index < -0.39 is 0 Å². The topological polar surface area (TPSA) is 35.0 Å². The second-order valence-corrected chi connectivity index (χ2v) is 4.01. The fourth-order valence-corrected chi connectivity index (χ4v) is 1.82. The van der Waals surface area contributed by atoms with Crippen LogP contribution >= 0.6 is 0 Å². The minimum atomic E-state index is 0.597. The second-order valence-electron chi connectivity index (χ2n) is 4.01. The molecule has 92 valence electrons. The van der Waals surface area contributed by atoms with Crippen molar-refractivity contribution in [2.45, 2.75) is 0 Å². The summed E-state index contributed by atoms with van der Waals surface area (Å²) in [4.78, 5) is 8.33. The number of nitrogens with zero attached hydrogens (tertiary/aromatic N) is 2. The normalized spacial score (nSPS) is 10.1. The van der Waals surface area contributed by atoms with Gasteiger partial charge < -0.3 is 4.74 Å². The molecule has 3 heteroatoms. The quantitative estimate of drug-likeness (QED) is 0.704. The van der Waals surface area contributed by atoms with Crippen LogP contribution < -0.4 is 4.74 Å². The molecular formula is C16H12N2O. The fourth-order valence-electron chi connectivity index (χ4n) is 1.82. The molecule has 3 rings (SSSR count). The molecule has 1 aromatic carbocycles. The van der Waals surface area contributed by atoms with Crippen LogP contribution in [0, 0.1) is 0 Å². The van der Waals surface area contributed by atoms with Crippen LogP contribution in [0.1, 0.15) is 0 Å². The summed E-state index contributed by atoms with van der Waals surface area (Å²) in [7, 11) is 0. The van der Waals surface area contributed by atoms with Crippen LogP contribution in [-0.2, 0) is 0 Å². The molecule has 0 N–H and O–H groups in total. The molecule has 0 fully saturated rings. The highest BCUT2D eigenvalue weighted by atomic mass is 16.5. The lowest BCUT2D eigenvalue weighted by molar-refractivity contribution is 0.465.